The fourth-order valence-corrected chi connectivity index (χ4v) is 2.83. The van der Waals surface area contributed by atoms with Crippen LogP contribution in [0.2, 0.25) is 0 Å². The van der Waals surface area contributed by atoms with E-state index in [4.69, 9.17) is 9.47 Å². The molecule has 152 valence electrons. The summed E-state index contributed by atoms with van der Waals surface area (Å²) in [6, 6.07) is 9.83. The van der Waals surface area contributed by atoms with Crippen LogP contribution in [0, 0.1) is 0 Å². The highest BCUT2D eigenvalue weighted by molar-refractivity contribution is 14.0. The van der Waals surface area contributed by atoms with Crippen molar-refractivity contribution in [1.29, 1.82) is 0 Å². The van der Waals surface area contributed by atoms with Gasteiger partial charge < -0.3 is 25.0 Å². The Morgan fingerprint density at radius 2 is 2.00 bits per heavy atom. The number of aliphatic imine (C=N–C) groups is 1. The van der Waals surface area contributed by atoms with Gasteiger partial charge in [-0.25, -0.2) is 0 Å². The molecule has 1 aliphatic heterocycles. The van der Waals surface area contributed by atoms with Crippen molar-refractivity contribution in [2.24, 2.45) is 4.99 Å². The second-order valence-electron chi connectivity index (χ2n) is 6.20. The smallest absolute Gasteiger partial charge is 0.229 e. The summed E-state index contributed by atoms with van der Waals surface area (Å²) in [7, 11) is 3.41. The van der Waals surface area contributed by atoms with E-state index in [0.717, 1.165) is 37.6 Å². The summed E-state index contributed by atoms with van der Waals surface area (Å²) in [4.78, 5) is 18.3. The fraction of sp³-hybridized carbons (Fsp3) is 0.579. The van der Waals surface area contributed by atoms with Gasteiger partial charge in [0.25, 0.3) is 0 Å². The van der Waals surface area contributed by atoms with Gasteiger partial charge in [0.1, 0.15) is 0 Å². The normalized spacial score (nSPS) is 17.0. The minimum Gasteiger partial charge on any atom is -0.382 e. The van der Waals surface area contributed by atoms with Crippen LogP contribution < -0.4 is 15.5 Å². The third-order valence-corrected chi connectivity index (χ3v) is 4.20. The van der Waals surface area contributed by atoms with Crippen molar-refractivity contribution < 1.29 is 14.3 Å². The third-order valence-electron chi connectivity index (χ3n) is 4.20. The summed E-state index contributed by atoms with van der Waals surface area (Å²) in [6.07, 6.45) is 2.45. The van der Waals surface area contributed by atoms with Gasteiger partial charge in [-0.05, 0) is 25.0 Å². The fourth-order valence-electron chi connectivity index (χ4n) is 2.83. The van der Waals surface area contributed by atoms with Gasteiger partial charge in [0.15, 0.2) is 5.96 Å². The third kappa shape index (κ3) is 8.44. The van der Waals surface area contributed by atoms with Crippen molar-refractivity contribution in [3.63, 3.8) is 0 Å². The zero-order valence-corrected chi connectivity index (χ0v) is 18.5. The molecule has 0 saturated carbocycles. The van der Waals surface area contributed by atoms with E-state index < -0.39 is 0 Å². The number of carbonyl (C=O) groups is 1. The molecule has 2 N–H and O–H groups in total. The molecule has 1 fully saturated rings. The van der Waals surface area contributed by atoms with Crippen molar-refractivity contribution in [1.82, 2.24) is 10.6 Å². The van der Waals surface area contributed by atoms with E-state index in [-0.39, 0.29) is 35.9 Å². The van der Waals surface area contributed by atoms with Crippen LogP contribution in [0.5, 0.6) is 0 Å². The summed E-state index contributed by atoms with van der Waals surface area (Å²) in [5.41, 5.74) is 0.943. The van der Waals surface area contributed by atoms with E-state index in [0.29, 0.717) is 26.2 Å². The molecule has 8 heteroatoms. The Labute approximate surface area is 178 Å². The molecule has 1 aromatic carbocycles. The van der Waals surface area contributed by atoms with Gasteiger partial charge in [-0.15, -0.1) is 24.0 Å². The van der Waals surface area contributed by atoms with Crippen LogP contribution in [-0.2, 0) is 14.3 Å². The first kappa shape index (κ1) is 23.6. The maximum absolute atomic E-state index is 12.3. The highest BCUT2D eigenvalue weighted by Crippen LogP contribution is 2.20. The molecule has 1 atom stereocenters. The Morgan fingerprint density at radius 3 is 2.70 bits per heavy atom. The van der Waals surface area contributed by atoms with Gasteiger partial charge in [-0.2, -0.15) is 0 Å². The number of benzene rings is 1. The van der Waals surface area contributed by atoms with Crippen molar-refractivity contribution in [3.05, 3.63) is 30.3 Å². The Kier molecular flexibility index (Phi) is 12.0. The number of hydrogen-bond acceptors (Lipinski definition) is 4. The first-order chi connectivity index (χ1) is 12.7. The molecule has 1 aliphatic rings. The molecule has 0 radical (unpaired) electrons. The second-order valence-corrected chi connectivity index (χ2v) is 6.20. The molecular weight excluding hydrogens is 459 g/mol. The summed E-state index contributed by atoms with van der Waals surface area (Å²) in [5.74, 6) is 0.871. The monoisotopic (exact) mass is 490 g/mol. The maximum Gasteiger partial charge on any atom is 0.229 e. The highest BCUT2D eigenvalue weighted by atomic mass is 127. The first-order valence-corrected chi connectivity index (χ1v) is 9.14. The molecule has 1 saturated heterocycles. The van der Waals surface area contributed by atoms with Crippen LogP contribution >= 0.6 is 24.0 Å². The maximum atomic E-state index is 12.3. The molecule has 1 aromatic rings. The molecule has 1 unspecified atom stereocenters. The number of carbonyl (C=O) groups excluding carboxylic acids is 1. The first-order valence-electron chi connectivity index (χ1n) is 9.14. The van der Waals surface area contributed by atoms with Gasteiger partial charge in [0.05, 0.1) is 19.3 Å². The molecule has 0 bridgehead atoms. The lowest BCUT2D eigenvalue weighted by Crippen LogP contribution is -2.44. The molecule has 0 spiro atoms. The molecule has 0 aliphatic carbocycles. The number of ether oxygens (including phenoxy) is 2. The number of methoxy groups -OCH3 is 1. The Balaban J connectivity index is 0.00000364. The highest BCUT2D eigenvalue weighted by Gasteiger charge is 2.30. The van der Waals surface area contributed by atoms with Gasteiger partial charge >= 0.3 is 0 Å². The topological polar surface area (TPSA) is 75.2 Å². The van der Waals surface area contributed by atoms with Crippen LogP contribution in [0.15, 0.2) is 35.3 Å². The van der Waals surface area contributed by atoms with Gasteiger partial charge in [0.2, 0.25) is 5.91 Å². The minimum absolute atomic E-state index is 0. The summed E-state index contributed by atoms with van der Waals surface area (Å²) in [5, 5.41) is 6.64. The predicted molar refractivity (Wildman–Crippen MR) is 119 cm³/mol. The van der Waals surface area contributed by atoms with Gasteiger partial charge in [-0.3, -0.25) is 9.79 Å². The second kappa shape index (κ2) is 13.7. The van der Waals surface area contributed by atoms with E-state index in [9.17, 15) is 4.79 Å². The van der Waals surface area contributed by atoms with Crippen LogP contribution in [0.3, 0.4) is 0 Å². The molecule has 1 heterocycles. The Morgan fingerprint density at radius 1 is 1.22 bits per heavy atom. The number of nitrogens with zero attached hydrogens (tertiary/aromatic N) is 2. The Bertz CT molecular complexity index is 571. The SMILES string of the molecule is CN=C(NCCCCOCCOC)NC1CC(=O)N(c2ccccc2)C1.I. The molecule has 0 aromatic heterocycles. The van der Waals surface area contributed by atoms with Gasteiger partial charge in [-0.1, -0.05) is 18.2 Å². The standard InChI is InChI=1S/C19H30N4O3.HI/c1-20-19(21-10-6-7-11-26-13-12-25-2)22-16-14-18(24)23(15-16)17-8-4-3-5-9-17;/h3-5,8-9,16H,6-7,10-15H2,1-2H3,(H2,20,21,22);1H. The van der Waals surface area contributed by atoms with Crippen LogP contribution in [0.1, 0.15) is 19.3 Å². The molecule has 2 rings (SSSR count). The molecule has 27 heavy (non-hydrogen) atoms. The van der Waals surface area contributed by atoms with Crippen molar-refractivity contribution >= 4 is 41.5 Å². The lowest BCUT2D eigenvalue weighted by Gasteiger charge is -2.19. The largest absolute Gasteiger partial charge is 0.382 e. The zero-order chi connectivity index (χ0) is 18.6. The van der Waals surface area contributed by atoms with E-state index in [2.05, 4.69) is 15.6 Å². The summed E-state index contributed by atoms with van der Waals surface area (Å²) >= 11 is 0. The average molecular weight is 490 g/mol. The number of amides is 1. The Hall–Kier alpha value is -1.39. The van der Waals surface area contributed by atoms with Crippen molar-refractivity contribution in [3.8, 4) is 0 Å². The van der Waals surface area contributed by atoms with E-state index in [1.807, 2.05) is 35.2 Å². The van der Waals surface area contributed by atoms with E-state index in [1.54, 1.807) is 14.2 Å². The zero-order valence-electron chi connectivity index (χ0n) is 16.1. The lowest BCUT2D eigenvalue weighted by molar-refractivity contribution is -0.117. The molecule has 7 nitrogen and oxygen atoms in total. The van der Waals surface area contributed by atoms with Crippen LogP contribution in [-0.4, -0.2) is 65.0 Å². The van der Waals surface area contributed by atoms with Gasteiger partial charge in [0, 0.05) is 46.0 Å². The van der Waals surface area contributed by atoms with E-state index >= 15 is 0 Å². The summed E-state index contributed by atoms with van der Waals surface area (Å²) in [6.45, 7) is 3.48. The average Bonchev–Trinajstić information content (AvgIpc) is 3.03. The van der Waals surface area contributed by atoms with Crippen molar-refractivity contribution in [2.45, 2.75) is 25.3 Å². The van der Waals surface area contributed by atoms with E-state index in [1.165, 1.54) is 0 Å². The number of nitrogens with one attached hydrogen (secondary N) is 2. The van der Waals surface area contributed by atoms with Crippen LogP contribution in [0.25, 0.3) is 0 Å². The number of para-hydroxylation sites is 1. The van der Waals surface area contributed by atoms with Crippen LogP contribution in [0.4, 0.5) is 5.69 Å². The quantitative estimate of drug-likeness (QED) is 0.227. The molecule has 1 amide bonds. The molecular formula is C19H31IN4O3. The number of guanidine groups is 1. The number of hydrogen-bond donors (Lipinski definition) is 2. The number of anilines is 1. The number of rotatable bonds is 10. The number of halogens is 1. The number of unbranched alkanes of at least 4 members (excludes halogenated alkanes) is 1. The minimum atomic E-state index is 0. The van der Waals surface area contributed by atoms with Crippen molar-refractivity contribution in [2.75, 3.05) is 52.0 Å². The lowest BCUT2D eigenvalue weighted by atomic mass is 10.2. The summed E-state index contributed by atoms with van der Waals surface area (Å²) < 4.78 is 10.4. The predicted octanol–water partition coefficient (Wildman–Crippen LogP) is 2.02.